The van der Waals surface area contributed by atoms with Gasteiger partial charge in [0.05, 0.1) is 12.4 Å². The van der Waals surface area contributed by atoms with E-state index in [1.165, 1.54) is 0 Å². The number of nitrogens with one attached hydrogen (secondary N) is 1. The zero-order valence-corrected chi connectivity index (χ0v) is 10.6. The molecule has 96 valence electrons. The van der Waals surface area contributed by atoms with Crippen molar-refractivity contribution in [3.05, 3.63) is 0 Å². The van der Waals surface area contributed by atoms with Gasteiger partial charge in [-0.3, -0.25) is 0 Å². The third kappa shape index (κ3) is 4.78. The molecule has 1 heterocycles. The molecule has 6 heteroatoms. The minimum atomic E-state index is -2.86. The highest BCUT2D eigenvalue weighted by Gasteiger charge is 2.31. The summed E-state index contributed by atoms with van der Waals surface area (Å²) in [5.74, 6) is 0.413. The summed E-state index contributed by atoms with van der Waals surface area (Å²) in [6, 6.07) is 0. The zero-order valence-electron chi connectivity index (χ0n) is 9.74. The van der Waals surface area contributed by atoms with E-state index >= 15 is 0 Å². The van der Waals surface area contributed by atoms with Crippen molar-refractivity contribution in [3.63, 3.8) is 0 Å². The highest BCUT2D eigenvalue weighted by atomic mass is 32.2. The summed E-state index contributed by atoms with van der Waals surface area (Å²) in [6.07, 6.45) is 1.24. The molecule has 0 aromatic heterocycles. The van der Waals surface area contributed by atoms with E-state index < -0.39 is 15.4 Å². The molecule has 5 nitrogen and oxygen atoms in total. The molecular formula is C10H21NO4S. The molecule has 0 saturated carbocycles. The Kier molecular flexibility index (Phi) is 5.17. The van der Waals surface area contributed by atoms with Crippen LogP contribution in [-0.2, 0) is 14.6 Å². The molecule has 1 atom stereocenters. The molecule has 16 heavy (non-hydrogen) atoms. The van der Waals surface area contributed by atoms with Gasteiger partial charge in [-0.25, -0.2) is 8.42 Å². The first-order chi connectivity index (χ1) is 7.47. The summed E-state index contributed by atoms with van der Waals surface area (Å²) in [7, 11) is -2.86. The van der Waals surface area contributed by atoms with E-state index in [0.29, 0.717) is 39.1 Å². The quantitative estimate of drug-likeness (QED) is 0.600. The molecule has 0 spiro atoms. The largest absolute Gasteiger partial charge is 0.386 e. The van der Waals surface area contributed by atoms with Gasteiger partial charge in [-0.05, 0) is 13.0 Å². The molecule has 0 amide bonds. The number of aliphatic hydroxyl groups is 1. The van der Waals surface area contributed by atoms with Crippen LogP contribution < -0.4 is 5.32 Å². The molecule has 1 unspecified atom stereocenters. The smallest absolute Gasteiger partial charge is 0.150 e. The summed E-state index contributed by atoms with van der Waals surface area (Å²) in [4.78, 5) is 0. The first kappa shape index (κ1) is 13.9. The van der Waals surface area contributed by atoms with Crippen LogP contribution in [0.1, 0.15) is 19.8 Å². The van der Waals surface area contributed by atoms with Gasteiger partial charge < -0.3 is 15.2 Å². The second-order valence-corrected chi connectivity index (χ2v) is 6.77. The lowest BCUT2D eigenvalue weighted by Crippen LogP contribution is -2.41. The maximum atomic E-state index is 11.2. The fourth-order valence-electron chi connectivity index (χ4n) is 1.62. The molecule has 0 aliphatic carbocycles. The lowest BCUT2D eigenvalue weighted by molar-refractivity contribution is 0.0273. The first-order valence-corrected chi connectivity index (χ1v) is 7.51. The molecule has 1 rings (SSSR count). The molecule has 1 aliphatic rings. The molecule has 0 aromatic rings. The number of ether oxygens (including phenoxy) is 1. The molecule has 0 bridgehead atoms. The molecule has 2 N–H and O–H groups in total. The third-order valence-corrected chi connectivity index (χ3v) is 4.58. The minimum absolute atomic E-state index is 0.199. The van der Waals surface area contributed by atoms with E-state index in [2.05, 4.69) is 5.32 Å². The predicted molar refractivity (Wildman–Crippen MR) is 62.2 cm³/mol. The van der Waals surface area contributed by atoms with E-state index in [0.717, 1.165) is 0 Å². The van der Waals surface area contributed by atoms with Gasteiger partial charge in [-0.2, -0.15) is 0 Å². The number of rotatable bonds is 7. The Bertz CT molecular complexity index is 296. The van der Waals surface area contributed by atoms with E-state index in [4.69, 9.17) is 4.74 Å². The Labute approximate surface area is 97.1 Å². The van der Waals surface area contributed by atoms with Crippen molar-refractivity contribution in [2.45, 2.75) is 25.4 Å². The fourth-order valence-corrected chi connectivity index (χ4v) is 2.49. The minimum Gasteiger partial charge on any atom is -0.386 e. The number of sulfone groups is 1. The summed E-state index contributed by atoms with van der Waals surface area (Å²) < 4.78 is 27.5. The summed E-state index contributed by atoms with van der Waals surface area (Å²) in [5, 5.41) is 13.0. The van der Waals surface area contributed by atoms with Crippen LogP contribution in [0.4, 0.5) is 0 Å². The topological polar surface area (TPSA) is 75.6 Å². The van der Waals surface area contributed by atoms with E-state index in [-0.39, 0.29) is 11.5 Å². The average molecular weight is 251 g/mol. The Hall–Kier alpha value is -0.170. The Balaban J connectivity index is 2.08. The van der Waals surface area contributed by atoms with Gasteiger partial charge in [-0.1, -0.05) is 6.92 Å². The Morgan fingerprint density at radius 2 is 2.25 bits per heavy atom. The van der Waals surface area contributed by atoms with Crippen LogP contribution in [-0.4, -0.2) is 56.9 Å². The zero-order chi connectivity index (χ0) is 12.1. The maximum absolute atomic E-state index is 11.2. The first-order valence-electron chi connectivity index (χ1n) is 5.69. The standard InChI is InChI=1S/C10H21NO4S/c1-2-16(13,14)7-3-5-11-8-10(12)4-6-15-9-10/h11-12H,2-9H2,1H3. The highest BCUT2D eigenvalue weighted by molar-refractivity contribution is 7.91. The second-order valence-electron chi connectivity index (χ2n) is 4.29. The van der Waals surface area contributed by atoms with Crippen LogP contribution in [0.25, 0.3) is 0 Å². The molecule has 1 aliphatic heterocycles. The summed E-state index contributed by atoms with van der Waals surface area (Å²) >= 11 is 0. The van der Waals surface area contributed by atoms with Crippen LogP contribution in [0.2, 0.25) is 0 Å². The molecule has 1 saturated heterocycles. The van der Waals surface area contributed by atoms with Crippen molar-refractivity contribution < 1.29 is 18.3 Å². The normalized spacial score (nSPS) is 26.1. The van der Waals surface area contributed by atoms with Crippen LogP contribution in [0, 0.1) is 0 Å². The highest BCUT2D eigenvalue weighted by Crippen LogP contribution is 2.16. The van der Waals surface area contributed by atoms with Crippen LogP contribution in [0.15, 0.2) is 0 Å². The fraction of sp³-hybridized carbons (Fsp3) is 1.00. The molecule has 0 radical (unpaired) electrons. The van der Waals surface area contributed by atoms with Crippen molar-refractivity contribution in [2.24, 2.45) is 0 Å². The van der Waals surface area contributed by atoms with Gasteiger partial charge >= 0.3 is 0 Å². The second kappa shape index (κ2) is 5.95. The SMILES string of the molecule is CCS(=O)(=O)CCCNCC1(O)CCOC1. The maximum Gasteiger partial charge on any atom is 0.150 e. The van der Waals surface area contributed by atoms with Gasteiger partial charge in [0, 0.05) is 25.3 Å². The lowest BCUT2D eigenvalue weighted by atomic mass is 10.0. The van der Waals surface area contributed by atoms with E-state index in [1.54, 1.807) is 6.92 Å². The van der Waals surface area contributed by atoms with Gasteiger partial charge in [-0.15, -0.1) is 0 Å². The van der Waals surface area contributed by atoms with E-state index in [1.807, 2.05) is 0 Å². The number of hydrogen-bond donors (Lipinski definition) is 2. The molecule has 0 aromatic carbocycles. The lowest BCUT2D eigenvalue weighted by Gasteiger charge is -2.20. The van der Waals surface area contributed by atoms with Gasteiger partial charge in [0.1, 0.15) is 15.4 Å². The van der Waals surface area contributed by atoms with Crippen molar-refractivity contribution in [1.29, 1.82) is 0 Å². The average Bonchev–Trinajstić information content (AvgIpc) is 2.65. The van der Waals surface area contributed by atoms with Crippen LogP contribution >= 0.6 is 0 Å². The van der Waals surface area contributed by atoms with Crippen LogP contribution in [0.5, 0.6) is 0 Å². The van der Waals surface area contributed by atoms with Gasteiger partial charge in [0.15, 0.2) is 0 Å². The van der Waals surface area contributed by atoms with Crippen molar-refractivity contribution >= 4 is 9.84 Å². The van der Waals surface area contributed by atoms with Gasteiger partial charge in [0.2, 0.25) is 0 Å². The van der Waals surface area contributed by atoms with Crippen LogP contribution in [0.3, 0.4) is 0 Å². The Morgan fingerprint density at radius 1 is 1.50 bits per heavy atom. The molecule has 1 fully saturated rings. The predicted octanol–water partition coefficient (Wildman–Crippen LogP) is -0.448. The van der Waals surface area contributed by atoms with Crippen molar-refractivity contribution in [2.75, 3.05) is 37.8 Å². The molecular weight excluding hydrogens is 230 g/mol. The Morgan fingerprint density at radius 3 is 2.81 bits per heavy atom. The monoisotopic (exact) mass is 251 g/mol. The van der Waals surface area contributed by atoms with Crippen molar-refractivity contribution in [1.82, 2.24) is 5.32 Å². The van der Waals surface area contributed by atoms with E-state index in [9.17, 15) is 13.5 Å². The number of hydrogen-bond acceptors (Lipinski definition) is 5. The third-order valence-electron chi connectivity index (χ3n) is 2.79. The van der Waals surface area contributed by atoms with Gasteiger partial charge in [0.25, 0.3) is 0 Å². The summed E-state index contributed by atoms with van der Waals surface area (Å²) in [6.45, 7) is 3.71. The van der Waals surface area contributed by atoms with Crippen molar-refractivity contribution in [3.8, 4) is 0 Å². The summed E-state index contributed by atoms with van der Waals surface area (Å²) in [5.41, 5.74) is -0.760.